The average molecular weight is 225 g/mol. The molecule has 1 aromatic carbocycles. The number of hydrogen-bond acceptors (Lipinski definition) is 6. The highest BCUT2D eigenvalue weighted by Gasteiger charge is 2.06. The lowest BCUT2D eigenvalue weighted by Crippen LogP contribution is -1.99. The van der Waals surface area contributed by atoms with Gasteiger partial charge in [-0.05, 0) is 12.1 Å². The van der Waals surface area contributed by atoms with Crippen molar-refractivity contribution in [2.45, 2.75) is 0 Å². The van der Waals surface area contributed by atoms with Crippen LogP contribution in [-0.2, 0) is 7.05 Å². The van der Waals surface area contributed by atoms with E-state index in [0.717, 1.165) is 5.52 Å². The van der Waals surface area contributed by atoms with E-state index in [1.807, 2.05) is 6.07 Å². The number of hydrazone groups is 1. The van der Waals surface area contributed by atoms with Gasteiger partial charge in [0, 0.05) is 7.05 Å². The molecule has 0 unspecified atom stereocenters. The Morgan fingerprint density at radius 2 is 2.18 bits per heavy atom. The summed E-state index contributed by atoms with van der Waals surface area (Å²) in [6.45, 7) is 0. The molecule has 0 fully saturated rings. The van der Waals surface area contributed by atoms with Crippen LogP contribution in [0, 0.1) is 22.7 Å². The number of fused-ring (bicyclic) bond motifs is 1. The third-order valence-corrected chi connectivity index (χ3v) is 2.12. The lowest BCUT2D eigenvalue weighted by Gasteiger charge is -2.02. The van der Waals surface area contributed by atoms with E-state index in [1.165, 1.54) is 0 Å². The van der Waals surface area contributed by atoms with Gasteiger partial charge in [0.05, 0.1) is 5.69 Å². The van der Waals surface area contributed by atoms with Crippen LogP contribution in [-0.4, -0.2) is 20.7 Å². The minimum absolute atomic E-state index is 0.239. The van der Waals surface area contributed by atoms with Gasteiger partial charge < -0.3 is 0 Å². The van der Waals surface area contributed by atoms with E-state index in [-0.39, 0.29) is 5.71 Å². The lowest BCUT2D eigenvalue weighted by molar-refractivity contribution is 0.736. The van der Waals surface area contributed by atoms with Gasteiger partial charge in [-0.25, -0.2) is 4.68 Å². The van der Waals surface area contributed by atoms with Crippen molar-refractivity contribution >= 4 is 22.4 Å². The van der Waals surface area contributed by atoms with E-state index in [4.69, 9.17) is 10.5 Å². The molecule has 82 valence electrons. The molecule has 0 saturated heterocycles. The fraction of sp³-hybridized carbons (Fsp3) is 0.100. The number of nitriles is 2. The fourth-order valence-electron chi connectivity index (χ4n) is 1.39. The van der Waals surface area contributed by atoms with E-state index in [2.05, 4.69) is 20.8 Å². The maximum atomic E-state index is 8.56. The van der Waals surface area contributed by atoms with E-state index in [0.29, 0.717) is 11.2 Å². The molecule has 2 rings (SSSR count). The molecule has 0 radical (unpaired) electrons. The first-order chi connectivity index (χ1) is 8.26. The molecule has 0 bridgehead atoms. The highest BCUT2D eigenvalue weighted by atomic mass is 15.4. The average Bonchev–Trinajstić information content (AvgIpc) is 2.73. The molecule has 0 amide bonds. The minimum Gasteiger partial charge on any atom is -0.274 e. The van der Waals surface area contributed by atoms with Crippen molar-refractivity contribution < 1.29 is 0 Å². The van der Waals surface area contributed by atoms with Gasteiger partial charge in [0.15, 0.2) is 0 Å². The molecule has 0 saturated carbocycles. The highest BCUT2D eigenvalue weighted by Crippen LogP contribution is 2.20. The molecule has 1 aromatic heterocycles. The molecule has 1 heterocycles. The van der Waals surface area contributed by atoms with Crippen LogP contribution in [0.2, 0.25) is 0 Å². The zero-order chi connectivity index (χ0) is 12.3. The topological polar surface area (TPSA) is 103 Å². The van der Waals surface area contributed by atoms with Crippen LogP contribution >= 0.6 is 0 Å². The quantitative estimate of drug-likeness (QED) is 0.601. The number of anilines is 1. The van der Waals surface area contributed by atoms with Gasteiger partial charge in [0.1, 0.15) is 23.2 Å². The van der Waals surface area contributed by atoms with Crippen LogP contribution in [0.4, 0.5) is 5.69 Å². The molecule has 0 aliphatic heterocycles. The van der Waals surface area contributed by atoms with E-state index in [1.54, 1.807) is 36.0 Å². The zero-order valence-corrected chi connectivity index (χ0v) is 8.92. The van der Waals surface area contributed by atoms with Crippen molar-refractivity contribution in [2.24, 2.45) is 12.1 Å². The summed E-state index contributed by atoms with van der Waals surface area (Å²) in [5.74, 6) is 0. The number of aryl methyl sites for hydroxylation is 1. The Balaban J connectivity index is 2.44. The smallest absolute Gasteiger partial charge is 0.237 e. The Morgan fingerprint density at radius 3 is 2.88 bits per heavy atom. The van der Waals surface area contributed by atoms with E-state index in [9.17, 15) is 0 Å². The number of aromatic nitrogens is 3. The molecule has 0 aliphatic rings. The summed E-state index contributed by atoms with van der Waals surface area (Å²) in [4.78, 5) is 0. The molecule has 0 atom stereocenters. The molecular weight excluding hydrogens is 218 g/mol. The van der Waals surface area contributed by atoms with Crippen LogP contribution in [0.1, 0.15) is 0 Å². The van der Waals surface area contributed by atoms with Crippen molar-refractivity contribution in [1.29, 1.82) is 10.5 Å². The summed E-state index contributed by atoms with van der Waals surface area (Å²) in [5, 5.41) is 28.6. The SMILES string of the molecule is Cn1nnc2cccc(NN=C(C#N)C#N)c21. The second-order valence-corrected chi connectivity index (χ2v) is 3.18. The Morgan fingerprint density at radius 1 is 1.41 bits per heavy atom. The van der Waals surface area contributed by atoms with Crippen molar-refractivity contribution in [3.63, 3.8) is 0 Å². The predicted octanol–water partition coefficient (Wildman–Crippen LogP) is 0.783. The van der Waals surface area contributed by atoms with Gasteiger partial charge in [-0.1, -0.05) is 11.3 Å². The normalized spacial score (nSPS) is 9.35. The first kappa shape index (κ1) is 10.6. The number of nitrogens with one attached hydrogen (secondary N) is 1. The summed E-state index contributed by atoms with van der Waals surface area (Å²) in [6.07, 6.45) is 0. The van der Waals surface area contributed by atoms with Crippen LogP contribution in [0.3, 0.4) is 0 Å². The number of benzene rings is 1. The van der Waals surface area contributed by atoms with Crippen LogP contribution in [0.25, 0.3) is 11.0 Å². The monoisotopic (exact) mass is 225 g/mol. The van der Waals surface area contributed by atoms with Crippen molar-refractivity contribution in [3.05, 3.63) is 18.2 Å². The van der Waals surface area contributed by atoms with Gasteiger partial charge in [0.2, 0.25) is 5.71 Å². The van der Waals surface area contributed by atoms with Gasteiger partial charge >= 0.3 is 0 Å². The maximum Gasteiger partial charge on any atom is 0.237 e. The van der Waals surface area contributed by atoms with Crippen LogP contribution in [0.5, 0.6) is 0 Å². The summed E-state index contributed by atoms with van der Waals surface area (Å²) in [5.41, 5.74) is 4.52. The first-order valence-corrected chi connectivity index (χ1v) is 4.68. The molecule has 2 aromatic rings. The lowest BCUT2D eigenvalue weighted by atomic mass is 10.3. The molecule has 7 heteroatoms. The summed E-state index contributed by atoms with van der Waals surface area (Å²) < 4.78 is 1.59. The van der Waals surface area contributed by atoms with Crippen molar-refractivity contribution in [2.75, 3.05) is 5.43 Å². The van der Waals surface area contributed by atoms with E-state index < -0.39 is 0 Å². The Labute approximate surface area is 96.6 Å². The molecule has 1 N–H and O–H groups in total. The minimum atomic E-state index is -0.239. The van der Waals surface area contributed by atoms with Gasteiger partial charge in [-0.2, -0.15) is 15.6 Å². The fourth-order valence-corrected chi connectivity index (χ4v) is 1.39. The summed E-state index contributed by atoms with van der Waals surface area (Å²) in [7, 11) is 1.75. The van der Waals surface area contributed by atoms with Crippen LogP contribution < -0.4 is 5.43 Å². The number of para-hydroxylation sites is 1. The highest BCUT2D eigenvalue weighted by molar-refractivity contribution is 6.10. The predicted molar refractivity (Wildman–Crippen MR) is 60.8 cm³/mol. The van der Waals surface area contributed by atoms with Crippen molar-refractivity contribution in [3.8, 4) is 12.1 Å². The maximum absolute atomic E-state index is 8.56. The molecule has 7 nitrogen and oxygen atoms in total. The summed E-state index contributed by atoms with van der Waals surface area (Å²) in [6, 6.07) is 8.70. The second-order valence-electron chi connectivity index (χ2n) is 3.18. The molecule has 0 spiro atoms. The third-order valence-electron chi connectivity index (χ3n) is 2.12. The zero-order valence-electron chi connectivity index (χ0n) is 8.92. The second kappa shape index (κ2) is 4.29. The summed E-state index contributed by atoms with van der Waals surface area (Å²) >= 11 is 0. The van der Waals surface area contributed by atoms with E-state index >= 15 is 0 Å². The van der Waals surface area contributed by atoms with Gasteiger partial charge in [0.25, 0.3) is 0 Å². The number of hydrogen-bond donors (Lipinski definition) is 1. The van der Waals surface area contributed by atoms with Gasteiger partial charge in [-0.15, -0.1) is 5.10 Å². The number of nitrogens with zero attached hydrogens (tertiary/aromatic N) is 6. The van der Waals surface area contributed by atoms with Gasteiger partial charge in [-0.3, -0.25) is 5.43 Å². The van der Waals surface area contributed by atoms with Crippen molar-refractivity contribution in [1.82, 2.24) is 15.0 Å². The molecule has 17 heavy (non-hydrogen) atoms. The largest absolute Gasteiger partial charge is 0.274 e. The Kier molecular flexibility index (Phi) is 2.67. The number of rotatable bonds is 2. The Hall–Kier alpha value is -2.93. The molecular formula is C10H7N7. The Bertz CT molecular complexity index is 652. The third kappa shape index (κ3) is 1.90. The first-order valence-electron chi connectivity index (χ1n) is 4.68. The molecule has 0 aliphatic carbocycles. The standard InChI is InChI=1S/C10H7N7/c1-17-10-8(14-13-7(5-11)6-12)3-2-4-9(10)15-16-17/h2-4,14H,1H3. The van der Waals surface area contributed by atoms with Crippen LogP contribution in [0.15, 0.2) is 23.3 Å².